The average molecular weight is 488 g/mol. The predicted molar refractivity (Wildman–Crippen MR) is 124 cm³/mol. The Morgan fingerprint density at radius 3 is 2.66 bits per heavy atom. The van der Waals surface area contributed by atoms with Crippen molar-refractivity contribution in [2.45, 2.75) is 76.0 Å². The van der Waals surface area contributed by atoms with Crippen LogP contribution in [-0.2, 0) is 14.4 Å². The van der Waals surface area contributed by atoms with E-state index in [1.165, 1.54) is 0 Å². The fourth-order valence-electron chi connectivity index (χ4n) is 5.68. The maximum Gasteiger partial charge on any atom is 0.245 e. The van der Waals surface area contributed by atoms with Crippen molar-refractivity contribution < 1.29 is 23.2 Å². The molecule has 1 saturated carbocycles. The number of benzene rings is 1. The van der Waals surface area contributed by atoms with Gasteiger partial charge in [0.15, 0.2) is 0 Å². The number of piperidine rings is 3. The number of nitrogens with one attached hydrogen (secondary N) is 3. The van der Waals surface area contributed by atoms with Gasteiger partial charge in [0.25, 0.3) is 0 Å². The third-order valence-corrected chi connectivity index (χ3v) is 7.47. The molecular weight excluding hydrogens is 456 g/mol. The summed E-state index contributed by atoms with van der Waals surface area (Å²) in [5, 5.41) is 18.0. The molecule has 1 aromatic carbocycles. The van der Waals surface area contributed by atoms with Crippen LogP contribution in [0.4, 0.5) is 14.5 Å². The van der Waals surface area contributed by atoms with Crippen molar-refractivity contribution in [3.63, 3.8) is 0 Å². The van der Waals surface area contributed by atoms with Crippen LogP contribution < -0.4 is 16.0 Å². The number of nitrogens with zero attached hydrogens (tertiary/aromatic N) is 2. The topological polar surface area (TPSA) is 114 Å². The minimum Gasteiger partial charge on any atom is -0.371 e. The number of amides is 3. The zero-order chi connectivity index (χ0) is 25.1. The lowest BCUT2D eigenvalue weighted by molar-refractivity contribution is -0.154. The molecule has 4 fully saturated rings. The number of fused-ring (bicyclic) bond motifs is 3. The molecule has 35 heavy (non-hydrogen) atoms. The fraction of sp³-hybridized carbons (Fsp3) is 0.600. The fourth-order valence-corrected chi connectivity index (χ4v) is 5.68. The van der Waals surface area contributed by atoms with E-state index in [9.17, 15) is 28.4 Å². The van der Waals surface area contributed by atoms with Crippen LogP contribution in [0, 0.1) is 34.8 Å². The van der Waals surface area contributed by atoms with E-state index < -0.39 is 35.7 Å². The van der Waals surface area contributed by atoms with Gasteiger partial charge in [0.2, 0.25) is 17.7 Å². The molecule has 2 bridgehead atoms. The Morgan fingerprint density at radius 2 is 1.97 bits per heavy atom. The molecule has 0 unspecified atom stereocenters. The molecule has 4 atom stereocenters. The van der Waals surface area contributed by atoms with Crippen molar-refractivity contribution in [3.05, 3.63) is 29.8 Å². The number of carbonyl (C=O) groups excluding carboxylic acids is 3. The number of carbonyl (C=O) groups is 3. The number of anilines is 1. The molecule has 0 aromatic heterocycles. The van der Waals surface area contributed by atoms with Gasteiger partial charge in [-0.15, -0.1) is 0 Å². The van der Waals surface area contributed by atoms with E-state index in [-0.39, 0.29) is 41.8 Å². The van der Waals surface area contributed by atoms with Crippen LogP contribution >= 0.6 is 0 Å². The molecule has 3 aliphatic heterocycles. The Morgan fingerprint density at radius 1 is 1.23 bits per heavy atom. The maximum atomic E-state index is 14.1. The minimum absolute atomic E-state index is 0.0422. The molecule has 0 radical (unpaired) electrons. The van der Waals surface area contributed by atoms with Gasteiger partial charge in [0.05, 0.1) is 11.8 Å². The Balaban J connectivity index is 1.47. The van der Waals surface area contributed by atoms with Crippen LogP contribution in [-0.4, -0.2) is 53.3 Å². The summed E-state index contributed by atoms with van der Waals surface area (Å²) in [5.74, 6) is -2.56. The van der Waals surface area contributed by atoms with Crippen molar-refractivity contribution in [1.29, 1.82) is 5.26 Å². The first-order valence-electron chi connectivity index (χ1n) is 12.3. The van der Waals surface area contributed by atoms with Crippen molar-refractivity contribution in [3.8, 4) is 6.07 Å². The summed E-state index contributed by atoms with van der Waals surface area (Å²) in [6.07, 6.45) is 4.85. The normalized spacial score (nSPS) is 27.4. The van der Waals surface area contributed by atoms with Crippen LogP contribution in [0.5, 0.6) is 0 Å². The van der Waals surface area contributed by atoms with Gasteiger partial charge in [0.1, 0.15) is 29.8 Å². The second kappa shape index (κ2) is 10.6. The summed E-state index contributed by atoms with van der Waals surface area (Å²) in [7, 11) is 0. The Bertz CT molecular complexity index is 1020. The Labute approximate surface area is 203 Å². The lowest BCUT2D eigenvalue weighted by Crippen LogP contribution is -2.65. The van der Waals surface area contributed by atoms with Gasteiger partial charge in [-0.05, 0) is 76.0 Å². The zero-order valence-electron chi connectivity index (χ0n) is 19.7. The predicted octanol–water partition coefficient (Wildman–Crippen LogP) is 2.46. The van der Waals surface area contributed by atoms with E-state index in [0.29, 0.717) is 13.0 Å². The number of rotatable bonds is 7. The van der Waals surface area contributed by atoms with E-state index in [0.717, 1.165) is 50.3 Å². The lowest BCUT2D eigenvalue weighted by Gasteiger charge is -2.51. The van der Waals surface area contributed by atoms with Crippen LogP contribution in [0.1, 0.15) is 51.9 Å². The van der Waals surface area contributed by atoms with Gasteiger partial charge < -0.3 is 20.9 Å². The average Bonchev–Trinajstić information content (AvgIpc) is 2.86. The second-order valence-corrected chi connectivity index (χ2v) is 9.81. The van der Waals surface area contributed by atoms with Crippen molar-refractivity contribution >= 4 is 23.4 Å². The molecule has 8 nitrogen and oxygen atoms in total. The van der Waals surface area contributed by atoms with Crippen LogP contribution in [0.25, 0.3) is 0 Å². The Hall–Kier alpha value is -3.22. The molecular formula is C25H31F2N5O3. The minimum atomic E-state index is -0.890. The van der Waals surface area contributed by atoms with Crippen molar-refractivity contribution in [2.24, 2.45) is 11.8 Å². The highest BCUT2D eigenvalue weighted by molar-refractivity contribution is 5.92. The van der Waals surface area contributed by atoms with E-state index >= 15 is 0 Å². The van der Waals surface area contributed by atoms with Gasteiger partial charge in [-0.2, -0.15) is 5.26 Å². The summed E-state index contributed by atoms with van der Waals surface area (Å²) in [6, 6.07) is 2.46. The summed E-state index contributed by atoms with van der Waals surface area (Å²) in [5.41, 5.74) is -0.121. The van der Waals surface area contributed by atoms with Crippen molar-refractivity contribution in [1.82, 2.24) is 15.5 Å². The van der Waals surface area contributed by atoms with Crippen LogP contribution in [0.15, 0.2) is 18.2 Å². The summed E-state index contributed by atoms with van der Waals surface area (Å²) in [6.45, 7) is 2.18. The van der Waals surface area contributed by atoms with E-state index in [2.05, 4.69) is 22.0 Å². The first-order chi connectivity index (χ1) is 16.8. The molecule has 10 heteroatoms. The number of hydrogen-bond acceptors (Lipinski definition) is 5. The quantitative estimate of drug-likeness (QED) is 0.547. The standard InChI is InChI=1S/C25H31F2N5O3/c1-14(30-21-12-17(26)6-9-20(21)27)25(35)32-19-7-4-15(5-8-19)22(32)24(34)31-18(13-28)11-16-3-2-10-29-23(16)33/h6,9,12,14-16,18-19,22,30H,2-5,7-8,10-11H2,1H3,(H,29,33)(H,31,34)/t14-,15?,16+,18-,19?,22-/m0/s1. The monoisotopic (exact) mass is 487 g/mol. The smallest absolute Gasteiger partial charge is 0.245 e. The number of halogens is 2. The first kappa shape index (κ1) is 24.9. The van der Waals surface area contributed by atoms with E-state index in [4.69, 9.17) is 0 Å². The van der Waals surface area contributed by atoms with Crippen LogP contribution in [0.3, 0.4) is 0 Å². The highest BCUT2D eigenvalue weighted by Gasteiger charge is 2.48. The second-order valence-electron chi connectivity index (χ2n) is 9.81. The van der Waals surface area contributed by atoms with Gasteiger partial charge in [0, 0.05) is 18.5 Å². The summed E-state index contributed by atoms with van der Waals surface area (Å²) >= 11 is 0. The molecule has 3 amide bonds. The lowest BCUT2D eigenvalue weighted by atomic mass is 9.74. The van der Waals surface area contributed by atoms with Gasteiger partial charge in [-0.25, -0.2) is 8.78 Å². The molecule has 4 aliphatic rings. The first-order valence-corrected chi connectivity index (χ1v) is 12.3. The molecule has 3 saturated heterocycles. The molecule has 1 aromatic rings. The van der Waals surface area contributed by atoms with E-state index in [1.807, 2.05) is 0 Å². The van der Waals surface area contributed by atoms with Crippen molar-refractivity contribution in [2.75, 3.05) is 11.9 Å². The molecule has 0 spiro atoms. The number of hydrogen-bond donors (Lipinski definition) is 3. The number of nitriles is 1. The zero-order valence-corrected chi connectivity index (χ0v) is 19.7. The molecule has 188 valence electrons. The Kier molecular flexibility index (Phi) is 7.53. The third kappa shape index (κ3) is 5.39. The highest BCUT2D eigenvalue weighted by Crippen LogP contribution is 2.40. The largest absolute Gasteiger partial charge is 0.371 e. The van der Waals surface area contributed by atoms with E-state index in [1.54, 1.807) is 11.8 Å². The molecule has 3 heterocycles. The highest BCUT2D eigenvalue weighted by atomic mass is 19.1. The van der Waals surface area contributed by atoms with Gasteiger partial charge in [-0.3, -0.25) is 14.4 Å². The van der Waals surface area contributed by atoms with Gasteiger partial charge in [-0.1, -0.05) is 0 Å². The maximum absolute atomic E-state index is 14.1. The summed E-state index contributed by atoms with van der Waals surface area (Å²) < 4.78 is 27.7. The third-order valence-electron chi connectivity index (χ3n) is 7.47. The van der Waals surface area contributed by atoms with Crippen LogP contribution in [0.2, 0.25) is 0 Å². The SMILES string of the molecule is C[C@H](Nc1cc(F)ccc1F)C(=O)N1C2CCC(CC2)[C@H]1C(=O)N[C@H](C#N)C[C@H]1CCCNC1=O. The molecule has 1 aliphatic carbocycles. The van der Waals surface area contributed by atoms with Gasteiger partial charge >= 0.3 is 0 Å². The summed E-state index contributed by atoms with van der Waals surface area (Å²) in [4.78, 5) is 40.5. The molecule has 3 N–H and O–H groups in total. The molecule has 5 rings (SSSR count).